The quantitative estimate of drug-likeness (QED) is 0.0286. The number of rotatable bonds is 37. The molecule has 274 valence electrons. The summed E-state index contributed by atoms with van der Waals surface area (Å²) in [6.07, 6.45) is 46.2. The van der Waals surface area contributed by atoms with Gasteiger partial charge in [-0.25, -0.2) is 0 Å². The van der Waals surface area contributed by atoms with Crippen molar-refractivity contribution < 1.29 is 18.1 Å². The molecule has 4 nitrogen and oxygen atoms in total. The van der Waals surface area contributed by atoms with Crippen molar-refractivity contribution in [3.8, 4) is 0 Å². The number of quaternary nitrogens is 1. The Kier molecular flexibility index (Phi) is 34.1. The lowest BCUT2D eigenvalue weighted by Gasteiger charge is -2.26. The topological polar surface area (TPSA) is 35.5 Å². The molecule has 0 aliphatic carbocycles. The molecule has 0 bridgehead atoms. The maximum atomic E-state index is 13.5. The van der Waals surface area contributed by atoms with E-state index in [-0.39, 0.29) is 0 Å². The third kappa shape index (κ3) is 36.4. The van der Waals surface area contributed by atoms with Crippen LogP contribution in [0.5, 0.6) is 0 Å². The van der Waals surface area contributed by atoms with Gasteiger partial charge in [-0.1, -0.05) is 154 Å². The molecule has 0 radical (unpaired) electrons. The first kappa shape index (κ1) is 45.6. The number of unbranched alkanes of at least 4 members (excludes halogenated alkanes) is 24. The molecule has 0 aromatic carbocycles. The molecule has 0 heterocycles. The highest BCUT2D eigenvalue weighted by Gasteiger charge is 2.27. The summed E-state index contributed by atoms with van der Waals surface area (Å²) >= 11 is 0. The Labute approximate surface area is 290 Å². The zero-order valence-corrected chi connectivity index (χ0v) is 33.0. The zero-order chi connectivity index (χ0) is 33.9. The Balaban J connectivity index is 3.85. The number of nitrogens with zero attached hydrogens (tertiary/aromatic N) is 1. The Morgan fingerprint density at radius 1 is 0.435 bits per heavy atom. The minimum Gasteiger partial charge on any atom is -0.330 e. The van der Waals surface area contributed by atoms with Gasteiger partial charge in [0.1, 0.15) is 0 Å². The summed E-state index contributed by atoms with van der Waals surface area (Å²) in [6, 6.07) is 0. The molecule has 0 fully saturated rings. The van der Waals surface area contributed by atoms with Gasteiger partial charge in [0.25, 0.3) is 0 Å². The third-order valence-electron chi connectivity index (χ3n) is 8.93. The van der Waals surface area contributed by atoms with E-state index in [2.05, 4.69) is 59.3 Å². The summed E-state index contributed by atoms with van der Waals surface area (Å²) < 4.78 is 26.3. The van der Waals surface area contributed by atoms with Crippen molar-refractivity contribution in [1.29, 1.82) is 0 Å². The Hall–Kier alpha value is -0.410. The van der Waals surface area contributed by atoms with E-state index in [1.54, 1.807) is 0 Å². The van der Waals surface area contributed by atoms with Crippen LogP contribution in [0.15, 0.2) is 24.3 Å². The molecule has 0 aromatic rings. The lowest BCUT2D eigenvalue weighted by molar-refractivity contribution is -0.867. The average molecular weight is 669 g/mol. The summed E-state index contributed by atoms with van der Waals surface area (Å²) in [6.45, 7) is 6.48. The Morgan fingerprint density at radius 2 is 0.717 bits per heavy atom. The van der Waals surface area contributed by atoms with Crippen molar-refractivity contribution in [2.75, 3.05) is 47.1 Å². The van der Waals surface area contributed by atoms with Gasteiger partial charge in [-0.3, -0.25) is 4.57 Å². The molecule has 0 aliphatic rings. The molecule has 0 aromatic heterocycles. The van der Waals surface area contributed by atoms with Crippen molar-refractivity contribution >= 4 is 7.60 Å². The molecule has 46 heavy (non-hydrogen) atoms. The monoisotopic (exact) mass is 669 g/mol. The van der Waals surface area contributed by atoms with Crippen LogP contribution in [0.2, 0.25) is 0 Å². The van der Waals surface area contributed by atoms with Gasteiger partial charge in [0.2, 0.25) is 0 Å². The molecule has 0 unspecified atom stereocenters. The minimum absolute atomic E-state index is 0.509. The largest absolute Gasteiger partial charge is 0.336 e. The standard InChI is InChI=1S/C41H83NO3P/c1-6-8-10-12-14-16-18-20-22-24-26-28-30-32-34-36-39-44-46(43,41-38-42(3,4)5)45-40-37-35-33-31-29-27-25-23-21-19-17-15-13-11-9-7-2/h20-23H,6-19,24-41H2,1-5H3/q+1/b22-20+,23-21+. The summed E-state index contributed by atoms with van der Waals surface area (Å²) in [5, 5.41) is 0. The van der Waals surface area contributed by atoms with Gasteiger partial charge in [-0.2, -0.15) is 0 Å². The maximum absolute atomic E-state index is 13.5. The normalized spacial score (nSPS) is 12.7. The van der Waals surface area contributed by atoms with E-state index in [1.807, 2.05) is 0 Å². The number of allylic oxidation sites excluding steroid dienone is 4. The van der Waals surface area contributed by atoms with Crippen LogP contribution in [0, 0.1) is 0 Å². The van der Waals surface area contributed by atoms with Crippen LogP contribution >= 0.6 is 7.60 Å². The first-order chi connectivity index (χ1) is 22.3. The van der Waals surface area contributed by atoms with Crippen molar-refractivity contribution in [3.63, 3.8) is 0 Å². The molecule has 0 saturated heterocycles. The smallest absolute Gasteiger partial charge is 0.330 e. The van der Waals surface area contributed by atoms with Gasteiger partial charge >= 0.3 is 7.60 Å². The lowest BCUT2D eigenvalue weighted by Crippen LogP contribution is -2.37. The van der Waals surface area contributed by atoms with Crippen LogP contribution in [0.4, 0.5) is 0 Å². The molecule has 5 heteroatoms. The Bertz CT molecular complexity index is 667. The molecule has 0 N–H and O–H groups in total. The summed E-state index contributed by atoms with van der Waals surface area (Å²) in [4.78, 5) is 0. The third-order valence-corrected chi connectivity index (χ3v) is 10.8. The molecule has 0 atom stereocenters. The van der Waals surface area contributed by atoms with Crippen LogP contribution in [-0.4, -0.2) is 51.5 Å². The minimum atomic E-state index is -3.03. The average Bonchev–Trinajstić information content (AvgIpc) is 3.03. The van der Waals surface area contributed by atoms with Gasteiger partial charge < -0.3 is 13.5 Å². The van der Waals surface area contributed by atoms with Crippen LogP contribution in [-0.2, 0) is 13.6 Å². The highest BCUT2D eigenvalue weighted by Crippen LogP contribution is 2.48. The van der Waals surface area contributed by atoms with E-state index in [0.29, 0.717) is 19.4 Å². The molecule has 0 amide bonds. The predicted molar refractivity (Wildman–Crippen MR) is 206 cm³/mol. The van der Waals surface area contributed by atoms with Crippen LogP contribution < -0.4 is 0 Å². The fourth-order valence-corrected chi connectivity index (χ4v) is 7.69. The molecule has 0 saturated carbocycles. The Morgan fingerprint density at radius 3 is 1.02 bits per heavy atom. The number of hydrogen-bond donors (Lipinski definition) is 0. The fourth-order valence-electron chi connectivity index (χ4n) is 5.70. The summed E-state index contributed by atoms with van der Waals surface area (Å²) in [5.41, 5.74) is 0. The van der Waals surface area contributed by atoms with Gasteiger partial charge in [0.05, 0.1) is 47.1 Å². The second-order valence-electron chi connectivity index (χ2n) is 14.9. The predicted octanol–water partition coefficient (Wildman–Crippen LogP) is 14.0. The van der Waals surface area contributed by atoms with Gasteiger partial charge in [-0.15, -0.1) is 0 Å². The van der Waals surface area contributed by atoms with Crippen LogP contribution in [0.1, 0.15) is 194 Å². The molecule has 0 spiro atoms. The second kappa shape index (κ2) is 34.5. The van der Waals surface area contributed by atoms with E-state index >= 15 is 0 Å². The van der Waals surface area contributed by atoms with Crippen molar-refractivity contribution in [1.82, 2.24) is 0 Å². The highest BCUT2D eigenvalue weighted by atomic mass is 31.2. The maximum Gasteiger partial charge on any atom is 0.336 e. The summed E-state index contributed by atoms with van der Waals surface area (Å²) in [7, 11) is 3.39. The van der Waals surface area contributed by atoms with Gasteiger partial charge in [-0.05, 0) is 64.2 Å². The van der Waals surface area contributed by atoms with Crippen LogP contribution in [0.25, 0.3) is 0 Å². The van der Waals surface area contributed by atoms with Crippen molar-refractivity contribution in [3.05, 3.63) is 24.3 Å². The molecular formula is C41H83NO3P+. The molecule has 0 aliphatic heterocycles. The van der Waals surface area contributed by atoms with E-state index < -0.39 is 7.60 Å². The van der Waals surface area contributed by atoms with Crippen LogP contribution in [0.3, 0.4) is 0 Å². The molecule has 0 rings (SSSR count). The fraction of sp³-hybridized carbons (Fsp3) is 0.902. The first-order valence-electron chi connectivity index (χ1n) is 20.3. The van der Waals surface area contributed by atoms with Gasteiger partial charge in [0.15, 0.2) is 0 Å². The van der Waals surface area contributed by atoms with Crippen molar-refractivity contribution in [2.24, 2.45) is 0 Å². The summed E-state index contributed by atoms with van der Waals surface area (Å²) in [5.74, 6) is 0. The van der Waals surface area contributed by atoms with Crippen molar-refractivity contribution in [2.45, 2.75) is 194 Å². The molecular weight excluding hydrogens is 585 g/mol. The van der Waals surface area contributed by atoms with E-state index in [9.17, 15) is 4.57 Å². The van der Waals surface area contributed by atoms with E-state index in [0.717, 1.165) is 36.7 Å². The second-order valence-corrected chi connectivity index (χ2v) is 17.1. The first-order valence-corrected chi connectivity index (χ1v) is 22.0. The van der Waals surface area contributed by atoms with Gasteiger partial charge in [0, 0.05) is 0 Å². The SMILES string of the molecule is CCCCCCCC/C=C/CCCCCCCCOP(=O)(CC[N+](C)(C)C)OCCCCCCCC/C=C/CCCCCCCC. The van der Waals surface area contributed by atoms with E-state index in [4.69, 9.17) is 9.05 Å². The number of hydrogen-bond acceptors (Lipinski definition) is 3. The van der Waals surface area contributed by atoms with E-state index in [1.165, 1.54) is 154 Å². The highest BCUT2D eigenvalue weighted by molar-refractivity contribution is 7.53. The zero-order valence-electron chi connectivity index (χ0n) is 32.1. The lowest BCUT2D eigenvalue weighted by atomic mass is 10.1.